The zero-order valence-corrected chi connectivity index (χ0v) is 7.77. The lowest BCUT2D eigenvalue weighted by atomic mass is 9.91. The van der Waals surface area contributed by atoms with Gasteiger partial charge in [0, 0.05) is 18.0 Å². The molecule has 0 saturated carbocycles. The summed E-state index contributed by atoms with van der Waals surface area (Å²) in [5.74, 6) is 0. The van der Waals surface area contributed by atoms with Gasteiger partial charge in [0.1, 0.15) is 5.60 Å². The topological polar surface area (TPSA) is 53.4 Å². The number of nitrogens with zero attached hydrogens (tertiary/aromatic N) is 1. The summed E-state index contributed by atoms with van der Waals surface area (Å²) in [7, 11) is 0. The Bertz CT molecular complexity index is 250. The normalized spacial score (nSPS) is 15.3. The summed E-state index contributed by atoms with van der Waals surface area (Å²) >= 11 is 0. The van der Waals surface area contributed by atoms with Crippen LogP contribution in [0, 0.1) is 0 Å². The average Bonchev–Trinajstić information content (AvgIpc) is 2.19. The molecule has 0 aromatic carbocycles. The van der Waals surface area contributed by atoms with Crippen LogP contribution in [0.25, 0.3) is 0 Å². The quantitative estimate of drug-likeness (QED) is 0.730. The van der Waals surface area contributed by atoms with Crippen molar-refractivity contribution < 1.29 is 10.2 Å². The average molecular weight is 181 g/mol. The Labute approximate surface area is 78.1 Å². The molecule has 1 aromatic rings. The third-order valence-corrected chi connectivity index (χ3v) is 2.12. The molecule has 0 amide bonds. The number of pyridine rings is 1. The second-order valence-electron chi connectivity index (χ2n) is 3.18. The van der Waals surface area contributed by atoms with E-state index in [1.807, 2.05) is 6.92 Å². The second kappa shape index (κ2) is 4.35. The van der Waals surface area contributed by atoms with Crippen LogP contribution in [0.4, 0.5) is 0 Å². The molecule has 3 heteroatoms. The minimum atomic E-state index is -1.12. The van der Waals surface area contributed by atoms with Crippen LogP contribution in [0.2, 0.25) is 0 Å². The van der Waals surface area contributed by atoms with E-state index >= 15 is 0 Å². The molecule has 1 heterocycles. The van der Waals surface area contributed by atoms with Gasteiger partial charge < -0.3 is 10.2 Å². The Morgan fingerprint density at radius 1 is 1.54 bits per heavy atom. The van der Waals surface area contributed by atoms with Crippen molar-refractivity contribution >= 4 is 0 Å². The maximum Gasteiger partial charge on any atom is 0.114 e. The number of aliphatic hydroxyl groups excluding tert-OH is 1. The van der Waals surface area contributed by atoms with Crippen LogP contribution in [0.15, 0.2) is 24.5 Å². The van der Waals surface area contributed by atoms with E-state index in [-0.39, 0.29) is 6.61 Å². The zero-order valence-electron chi connectivity index (χ0n) is 7.77. The van der Waals surface area contributed by atoms with Crippen LogP contribution < -0.4 is 0 Å². The monoisotopic (exact) mass is 181 g/mol. The number of hydrogen-bond acceptors (Lipinski definition) is 3. The van der Waals surface area contributed by atoms with Gasteiger partial charge in [0.05, 0.1) is 6.61 Å². The second-order valence-corrected chi connectivity index (χ2v) is 3.18. The summed E-state index contributed by atoms with van der Waals surface area (Å²) < 4.78 is 0. The summed E-state index contributed by atoms with van der Waals surface area (Å²) in [5, 5.41) is 19.1. The van der Waals surface area contributed by atoms with Gasteiger partial charge in [-0.1, -0.05) is 19.4 Å². The van der Waals surface area contributed by atoms with Gasteiger partial charge >= 0.3 is 0 Å². The zero-order chi connectivity index (χ0) is 9.73. The fraction of sp³-hybridized carbons (Fsp3) is 0.500. The standard InChI is InChI=1S/C10H15NO2/c1-2-5-10(13,8-12)9-4-3-6-11-7-9/h3-4,6-7,12-13H,2,5,8H2,1H3. The molecule has 1 rings (SSSR count). The molecular formula is C10H15NO2. The molecule has 1 aromatic heterocycles. The third kappa shape index (κ3) is 2.26. The highest BCUT2D eigenvalue weighted by molar-refractivity contribution is 5.17. The lowest BCUT2D eigenvalue weighted by Crippen LogP contribution is -2.30. The van der Waals surface area contributed by atoms with Crippen molar-refractivity contribution in [2.75, 3.05) is 6.61 Å². The van der Waals surface area contributed by atoms with Gasteiger partial charge in [-0.25, -0.2) is 0 Å². The first-order chi connectivity index (χ1) is 6.23. The van der Waals surface area contributed by atoms with E-state index in [1.54, 1.807) is 24.5 Å². The van der Waals surface area contributed by atoms with Crippen LogP contribution in [0.3, 0.4) is 0 Å². The van der Waals surface area contributed by atoms with Gasteiger partial charge in [0.25, 0.3) is 0 Å². The summed E-state index contributed by atoms with van der Waals surface area (Å²) in [5.41, 5.74) is -0.442. The Kier molecular flexibility index (Phi) is 3.39. The minimum absolute atomic E-state index is 0.257. The molecule has 2 N–H and O–H groups in total. The number of hydrogen-bond donors (Lipinski definition) is 2. The highest BCUT2D eigenvalue weighted by Gasteiger charge is 2.27. The first-order valence-electron chi connectivity index (χ1n) is 4.46. The van der Waals surface area contributed by atoms with Crippen molar-refractivity contribution in [2.24, 2.45) is 0 Å². The Morgan fingerprint density at radius 3 is 2.77 bits per heavy atom. The minimum Gasteiger partial charge on any atom is -0.393 e. The number of aromatic nitrogens is 1. The molecule has 0 bridgehead atoms. The van der Waals surface area contributed by atoms with E-state index in [4.69, 9.17) is 5.11 Å². The van der Waals surface area contributed by atoms with Gasteiger partial charge in [-0.2, -0.15) is 0 Å². The van der Waals surface area contributed by atoms with Crippen molar-refractivity contribution in [1.29, 1.82) is 0 Å². The van der Waals surface area contributed by atoms with Crippen LogP contribution in [0.5, 0.6) is 0 Å². The molecule has 0 radical (unpaired) electrons. The van der Waals surface area contributed by atoms with E-state index in [9.17, 15) is 5.11 Å². The van der Waals surface area contributed by atoms with Crippen LogP contribution in [0.1, 0.15) is 25.3 Å². The van der Waals surface area contributed by atoms with E-state index in [0.717, 1.165) is 6.42 Å². The summed E-state index contributed by atoms with van der Waals surface area (Å²) in [4.78, 5) is 3.91. The lowest BCUT2D eigenvalue weighted by molar-refractivity contribution is -0.0269. The molecule has 0 aliphatic heterocycles. The Balaban J connectivity index is 2.89. The molecule has 72 valence electrons. The van der Waals surface area contributed by atoms with Crippen molar-refractivity contribution in [3.8, 4) is 0 Å². The predicted octanol–water partition coefficient (Wildman–Crippen LogP) is 1.06. The SMILES string of the molecule is CCCC(O)(CO)c1cccnc1. The van der Waals surface area contributed by atoms with Gasteiger partial charge in [-0.15, -0.1) is 0 Å². The maximum atomic E-state index is 10.0. The van der Waals surface area contributed by atoms with Gasteiger partial charge in [0.2, 0.25) is 0 Å². The summed E-state index contributed by atoms with van der Waals surface area (Å²) in [6.07, 6.45) is 4.61. The van der Waals surface area contributed by atoms with Crippen molar-refractivity contribution in [3.05, 3.63) is 30.1 Å². The summed E-state index contributed by atoms with van der Waals surface area (Å²) in [6.45, 7) is 1.71. The molecule has 0 aliphatic rings. The first-order valence-corrected chi connectivity index (χ1v) is 4.46. The number of aliphatic hydroxyl groups is 2. The van der Waals surface area contributed by atoms with Crippen molar-refractivity contribution in [2.45, 2.75) is 25.4 Å². The van der Waals surface area contributed by atoms with E-state index < -0.39 is 5.60 Å². The largest absolute Gasteiger partial charge is 0.393 e. The van der Waals surface area contributed by atoms with Crippen molar-refractivity contribution in [3.63, 3.8) is 0 Å². The molecule has 0 spiro atoms. The first kappa shape index (κ1) is 10.2. The fourth-order valence-corrected chi connectivity index (χ4v) is 1.37. The van der Waals surface area contributed by atoms with Gasteiger partial charge in [-0.05, 0) is 12.5 Å². The maximum absolute atomic E-state index is 10.0. The van der Waals surface area contributed by atoms with Gasteiger partial charge in [0.15, 0.2) is 0 Å². The molecule has 0 fully saturated rings. The highest BCUT2D eigenvalue weighted by atomic mass is 16.3. The van der Waals surface area contributed by atoms with Crippen molar-refractivity contribution in [1.82, 2.24) is 4.98 Å². The van der Waals surface area contributed by atoms with Crippen LogP contribution in [-0.2, 0) is 5.60 Å². The molecule has 13 heavy (non-hydrogen) atoms. The van der Waals surface area contributed by atoms with Crippen LogP contribution >= 0.6 is 0 Å². The summed E-state index contributed by atoms with van der Waals surface area (Å²) in [6, 6.07) is 3.53. The predicted molar refractivity (Wildman–Crippen MR) is 50.1 cm³/mol. The third-order valence-electron chi connectivity index (χ3n) is 2.12. The molecule has 1 atom stereocenters. The molecule has 1 unspecified atom stereocenters. The van der Waals surface area contributed by atoms with Gasteiger partial charge in [-0.3, -0.25) is 4.98 Å². The molecule has 0 aliphatic carbocycles. The van der Waals surface area contributed by atoms with Crippen LogP contribution in [-0.4, -0.2) is 21.8 Å². The van der Waals surface area contributed by atoms with E-state index in [2.05, 4.69) is 4.98 Å². The van der Waals surface area contributed by atoms with E-state index in [0.29, 0.717) is 12.0 Å². The Morgan fingerprint density at radius 2 is 2.31 bits per heavy atom. The number of rotatable bonds is 4. The molecular weight excluding hydrogens is 166 g/mol. The smallest absolute Gasteiger partial charge is 0.114 e. The highest BCUT2D eigenvalue weighted by Crippen LogP contribution is 2.24. The lowest BCUT2D eigenvalue weighted by Gasteiger charge is -2.25. The molecule has 3 nitrogen and oxygen atoms in total. The Hall–Kier alpha value is -0.930. The van der Waals surface area contributed by atoms with E-state index in [1.165, 1.54) is 0 Å². The fourth-order valence-electron chi connectivity index (χ4n) is 1.37. The molecule has 0 saturated heterocycles.